The molecule has 4 heteroatoms. The first-order valence-corrected chi connectivity index (χ1v) is 3.48. The van der Waals surface area contributed by atoms with Crippen molar-refractivity contribution >= 4 is 0 Å². The molecule has 0 aliphatic carbocycles. The van der Waals surface area contributed by atoms with Crippen LogP contribution in [0.25, 0.3) is 0 Å². The summed E-state index contributed by atoms with van der Waals surface area (Å²) < 4.78 is 28.6. The van der Waals surface area contributed by atoms with Crippen LogP contribution in [0.5, 0.6) is 0 Å². The Hall–Kier alpha value is -1.03. The highest BCUT2D eigenvalue weighted by Crippen LogP contribution is 2.15. The zero-order valence-corrected chi connectivity index (χ0v) is 6.63. The molecule has 0 aromatic carbocycles. The molecule has 0 aliphatic rings. The van der Waals surface area contributed by atoms with E-state index in [2.05, 4.69) is 9.72 Å². The molecule has 2 nitrogen and oxygen atoms in total. The minimum absolute atomic E-state index is 0.114. The molecular weight excluding hydrogens is 164 g/mol. The molecule has 0 radical (unpaired) electrons. The molecule has 0 atom stereocenters. The van der Waals surface area contributed by atoms with Crippen molar-refractivity contribution in [2.75, 3.05) is 0 Å². The Morgan fingerprint density at radius 1 is 1.58 bits per heavy atom. The summed E-state index contributed by atoms with van der Waals surface area (Å²) in [5, 5.41) is 0. The molecule has 0 spiro atoms. The summed E-state index contributed by atoms with van der Waals surface area (Å²) in [5.74, 6) is 0. The molecular formula is C8H9F2NO. The monoisotopic (exact) mass is 173 g/mol. The van der Waals surface area contributed by atoms with E-state index in [0.717, 1.165) is 0 Å². The molecule has 1 heterocycles. The maximum absolute atomic E-state index is 12.2. The fourth-order valence-corrected chi connectivity index (χ4v) is 0.694. The van der Waals surface area contributed by atoms with Gasteiger partial charge in [-0.15, -0.1) is 0 Å². The fraction of sp³-hybridized carbons (Fsp3) is 0.375. The van der Waals surface area contributed by atoms with Gasteiger partial charge in [0, 0.05) is 19.3 Å². The predicted octanol–water partition coefficient (Wildman–Crippen LogP) is 2.21. The highest BCUT2D eigenvalue weighted by atomic mass is 19.3. The van der Waals surface area contributed by atoms with Crippen LogP contribution in [0.2, 0.25) is 0 Å². The number of alkyl halides is 2. The molecule has 1 rings (SSSR count). The van der Waals surface area contributed by atoms with Crippen LogP contribution in [-0.2, 0) is 11.3 Å². The number of aromatic nitrogens is 1. The predicted molar refractivity (Wildman–Crippen MR) is 39.6 cm³/mol. The van der Waals surface area contributed by atoms with Crippen LogP contribution in [-0.4, -0.2) is 11.1 Å². The van der Waals surface area contributed by atoms with E-state index in [1.807, 2.05) is 0 Å². The van der Waals surface area contributed by atoms with Gasteiger partial charge in [0.25, 0.3) is 0 Å². The molecule has 0 amide bonds. The Morgan fingerprint density at radius 2 is 2.33 bits per heavy atom. The topological polar surface area (TPSA) is 22.1 Å². The number of hydrogen-bond donors (Lipinski definition) is 0. The Labute approximate surface area is 69.2 Å². The number of pyridine rings is 1. The van der Waals surface area contributed by atoms with Crippen LogP contribution in [0, 0.1) is 0 Å². The number of rotatable bonds is 3. The number of nitrogens with zero attached hydrogens (tertiary/aromatic N) is 1. The third-order valence-corrected chi connectivity index (χ3v) is 1.22. The van der Waals surface area contributed by atoms with Crippen LogP contribution in [0.15, 0.2) is 24.5 Å². The lowest BCUT2D eigenvalue weighted by Gasteiger charge is -2.10. The highest BCUT2D eigenvalue weighted by Gasteiger charge is 2.21. The van der Waals surface area contributed by atoms with E-state index < -0.39 is 6.11 Å². The van der Waals surface area contributed by atoms with Crippen molar-refractivity contribution in [1.29, 1.82) is 0 Å². The van der Waals surface area contributed by atoms with E-state index in [1.165, 1.54) is 6.20 Å². The zero-order chi connectivity index (χ0) is 9.03. The van der Waals surface area contributed by atoms with Crippen LogP contribution in [0.4, 0.5) is 8.78 Å². The summed E-state index contributed by atoms with van der Waals surface area (Å²) in [4.78, 5) is 3.76. The average Bonchev–Trinajstić information content (AvgIpc) is 2.02. The maximum atomic E-state index is 12.2. The zero-order valence-electron chi connectivity index (χ0n) is 6.63. The van der Waals surface area contributed by atoms with Gasteiger partial charge in [-0.2, -0.15) is 8.78 Å². The van der Waals surface area contributed by atoms with Gasteiger partial charge < -0.3 is 4.74 Å². The normalized spacial score (nSPS) is 11.6. The molecule has 0 aliphatic heterocycles. The summed E-state index contributed by atoms with van der Waals surface area (Å²) in [6.07, 6.45) is -0.00479. The lowest BCUT2D eigenvalue weighted by molar-refractivity contribution is -0.231. The van der Waals surface area contributed by atoms with Crippen LogP contribution < -0.4 is 0 Å². The maximum Gasteiger partial charge on any atom is 0.353 e. The molecule has 0 unspecified atom stereocenters. The van der Waals surface area contributed by atoms with E-state index >= 15 is 0 Å². The Kier molecular flexibility index (Phi) is 2.70. The van der Waals surface area contributed by atoms with E-state index in [9.17, 15) is 8.78 Å². The molecule has 1 aromatic heterocycles. The summed E-state index contributed by atoms with van der Waals surface area (Å²) >= 11 is 0. The fourth-order valence-electron chi connectivity index (χ4n) is 0.694. The van der Waals surface area contributed by atoms with Gasteiger partial charge in [0.2, 0.25) is 0 Å². The third-order valence-electron chi connectivity index (χ3n) is 1.22. The molecule has 0 saturated carbocycles. The van der Waals surface area contributed by atoms with E-state index in [-0.39, 0.29) is 6.61 Å². The van der Waals surface area contributed by atoms with E-state index in [4.69, 9.17) is 0 Å². The smallest absolute Gasteiger partial charge is 0.316 e. The number of hydrogen-bond acceptors (Lipinski definition) is 2. The quantitative estimate of drug-likeness (QED) is 0.699. The van der Waals surface area contributed by atoms with Gasteiger partial charge in [-0.1, -0.05) is 6.07 Å². The summed E-state index contributed by atoms with van der Waals surface area (Å²) in [6.45, 7) is 0.598. The first-order chi connectivity index (χ1) is 5.58. The minimum Gasteiger partial charge on any atom is -0.316 e. The third kappa shape index (κ3) is 3.39. The van der Waals surface area contributed by atoms with Gasteiger partial charge in [-0.3, -0.25) is 4.98 Å². The molecule has 66 valence electrons. The van der Waals surface area contributed by atoms with Crippen molar-refractivity contribution in [3.05, 3.63) is 30.1 Å². The van der Waals surface area contributed by atoms with Gasteiger partial charge in [0.05, 0.1) is 6.61 Å². The minimum atomic E-state index is -3.07. The lowest BCUT2D eigenvalue weighted by Crippen LogP contribution is -2.14. The Bertz CT molecular complexity index is 233. The molecule has 1 aromatic rings. The first kappa shape index (κ1) is 9.06. The lowest BCUT2D eigenvalue weighted by atomic mass is 10.3. The Balaban J connectivity index is 2.44. The SMILES string of the molecule is CC(F)(F)OCc1cccnc1. The van der Waals surface area contributed by atoms with Gasteiger partial charge in [0.15, 0.2) is 0 Å². The van der Waals surface area contributed by atoms with Crippen LogP contribution in [0.1, 0.15) is 12.5 Å². The standard InChI is InChI=1S/C8H9F2NO/c1-8(9,10)12-6-7-3-2-4-11-5-7/h2-5H,6H2,1H3. The van der Waals surface area contributed by atoms with Gasteiger partial charge in [0.1, 0.15) is 0 Å². The molecule has 12 heavy (non-hydrogen) atoms. The largest absolute Gasteiger partial charge is 0.353 e. The second-order valence-electron chi connectivity index (χ2n) is 2.46. The van der Waals surface area contributed by atoms with Gasteiger partial charge >= 0.3 is 6.11 Å². The second-order valence-corrected chi connectivity index (χ2v) is 2.46. The van der Waals surface area contributed by atoms with Gasteiger partial charge in [-0.25, -0.2) is 0 Å². The van der Waals surface area contributed by atoms with Crippen LogP contribution >= 0.6 is 0 Å². The number of ether oxygens (including phenoxy) is 1. The van der Waals surface area contributed by atoms with E-state index in [0.29, 0.717) is 12.5 Å². The van der Waals surface area contributed by atoms with Crippen molar-refractivity contribution in [3.8, 4) is 0 Å². The summed E-state index contributed by atoms with van der Waals surface area (Å²) in [7, 11) is 0. The molecule has 0 fully saturated rings. The van der Waals surface area contributed by atoms with Crippen molar-refractivity contribution in [3.63, 3.8) is 0 Å². The average molecular weight is 173 g/mol. The molecule has 0 N–H and O–H groups in total. The summed E-state index contributed by atoms with van der Waals surface area (Å²) in [6, 6.07) is 3.35. The Morgan fingerprint density at radius 3 is 2.83 bits per heavy atom. The van der Waals surface area contributed by atoms with Gasteiger partial charge in [-0.05, 0) is 11.6 Å². The van der Waals surface area contributed by atoms with Crippen molar-refractivity contribution in [1.82, 2.24) is 4.98 Å². The highest BCUT2D eigenvalue weighted by molar-refractivity contribution is 5.06. The number of halogens is 2. The first-order valence-electron chi connectivity index (χ1n) is 3.48. The van der Waals surface area contributed by atoms with Crippen molar-refractivity contribution in [2.24, 2.45) is 0 Å². The van der Waals surface area contributed by atoms with Crippen molar-refractivity contribution < 1.29 is 13.5 Å². The van der Waals surface area contributed by atoms with Crippen LogP contribution in [0.3, 0.4) is 0 Å². The molecule has 0 saturated heterocycles. The van der Waals surface area contributed by atoms with E-state index in [1.54, 1.807) is 18.3 Å². The van der Waals surface area contributed by atoms with Crippen molar-refractivity contribution in [2.45, 2.75) is 19.6 Å². The molecule has 0 bridgehead atoms. The second kappa shape index (κ2) is 3.58. The summed E-state index contributed by atoms with van der Waals surface area (Å²) in [5.41, 5.74) is 0.638.